The number of hydrogen-bond donors (Lipinski definition) is 1. The van der Waals surface area contributed by atoms with Crippen molar-refractivity contribution in [2.24, 2.45) is 5.73 Å². The Morgan fingerprint density at radius 2 is 2.00 bits per heavy atom. The molecule has 6 heteroatoms. The van der Waals surface area contributed by atoms with E-state index in [1.807, 2.05) is 0 Å². The number of alkyl halides is 3. The predicted octanol–water partition coefficient (Wildman–Crippen LogP) is 1.78. The molecule has 1 atom stereocenters. The zero-order valence-electron chi connectivity index (χ0n) is 6.35. The lowest BCUT2D eigenvalue weighted by atomic mass is 10.1. The van der Waals surface area contributed by atoms with Crippen LogP contribution in [0.1, 0.15) is 11.6 Å². The van der Waals surface area contributed by atoms with E-state index in [1.54, 1.807) is 0 Å². The third-order valence-corrected chi connectivity index (χ3v) is 1.46. The average molecular weight is 194 g/mol. The van der Waals surface area contributed by atoms with Crippen LogP contribution in [0.15, 0.2) is 18.3 Å². The van der Waals surface area contributed by atoms with Gasteiger partial charge in [-0.3, -0.25) is 0 Å². The van der Waals surface area contributed by atoms with Crippen molar-refractivity contribution in [1.29, 1.82) is 0 Å². The van der Waals surface area contributed by atoms with Crippen LogP contribution in [-0.4, -0.2) is 11.2 Å². The molecule has 13 heavy (non-hydrogen) atoms. The second-order valence-electron chi connectivity index (χ2n) is 2.43. The molecule has 72 valence electrons. The van der Waals surface area contributed by atoms with Crippen LogP contribution in [-0.2, 0) is 0 Å². The Morgan fingerprint density at radius 1 is 1.38 bits per heavy atom. The monoisotopic (exact) mass is 194 g/mol. The second-order valence-corrected chi connectivity index (χ2v) is 2.43. The van der Waals surface area contributed by atoms with Gasteiger partial charge in [-0.15, -0.1) is 0 Å². The smallest absolute Gasteiger partial charge is 0.316 e. The van der Waals surface area contributed by atoms with Gasteiger partial charge in [0.25, 0.3) is 0 Å². The molecule has 0 aliphatic heterocycles. The maximum Gasteiger partial charge on any atom is 0.407 e. The Bertz CT molecular complexity index is 297. The van der Waals surface area contributed by atoms with E-state index in [-0.39, 0.29) is 5.56 Å². The van der Waals surface area contributed by atoms with Crippen LogP contribution < -0.4 is 5.73 Å². The maximum absolute atomic E-state index is 12.4. The van der Waals surface area contributed by atoms with E-state index in [1.165, 1.54) is 0 Å². The van der Waals surface area contributed by atoms with Crippen molar-refractivity contribution >= 4 is 0 Å². The molecule has 0 aromatic carbocycles. The molecule has 1 heterocycles. The molecule has 0 radical (unpaired) electrons. The summed E-state index contributed by atoms with van der Waals surface area (Å²) in [6, 6.07) is -0.468. The average Bonchev–Trinajstić information content (AvgIpc) is 2.01. The summed E-state index contributed by atoms with van der Waals surface area (Å²) in [6.07, 6.45) is -3.62. The lowest BCUT2D eigenvalue weighted by molar-refractivity contribution is -0.149. The van der Waals surface area contributed by atoms with Crippen LogP contribution >= 0.6 is 0 Å². The highest BCUT2D eigenvalue weighted by atomic mass is 19.4. The fourth-order valence-electron chi connectivity index (χ4n) is 0.800. The quantitative estimate of drug-likeness (QED) is 0.546. The van der Waals surface area contributed by atoms with E-state index in [0.717, 1.165) is 12.3 Å². The molecule has 1 rings (SSSR count). The molecule has 0 fully saturated rings. The van der Waals surface area contributed by atoms with Crippen molar-refractivity contribution in [3.63, 3.8) is 0 Å². The summed E-state index contributed by atoms with van der Waals surface area (Å²) >= 11 is 0. The Hall–Kier alpha value is -1.17. The third-order valence-electron chi connectivity index (χ3n) is 1.46. The Kier molecular flexibility index (Phi) is 2.51. The van der Waals surface area contributed by atoms with Gasteiger partial charge in [-0.1, -0.05) is 0 Å². The largest absolute Gasteiger partial charge is 0.407 e. The first-order valence-corrected chi connectivity index (χ1v) is 3.35. The number of nitrogens with zero attached hydrogens (tertiary/aromatic N) is 1. The number of nitrogens with two attached hydrogens (primary N) is 1. The number of rotatable bonds is 1. The van der Waals surface area contributed by atoms with Crippen molar-refractivity contribution in [2.75, 3.05) is 0 Å². The summed E-state index contributed by atoms with van der Waals surface area (Å²) in [5, 5.41) is 0. The van der Waals surface area contributed by atoms with Crippen LogP contribution in [0.25, 0.3) is 0 Å². The summed E-state index contributed by atoms with van der Waals surface area (Å²) in [5.74, 6) is -0.975. The minimum atomic E-state index is -4.56. The van der Waals surface area contributed by atoms with Crippen molar-refractivity contribution in [1.82, 2.24) is 4.98 Å². The van der Waals surface area contributed by atoms with Crippen molar-refractivity contribution in [2.45, 2.75) is 12.2 Å². The fourth-order valence-corrected chi connectivity index (χ4v) is 0.800. The number of hydrogen-bond acceptors (Lipinski definition) is 2. The van der Waals surface area contributed by atoms with Gasteiger partial charge in [0.15, 0.2) is 0 Å². The topological polar surface area (TPSA) is 38.9 Å². The molecule has 1 aromatic heterocycles. The summed E-state index contributed by atoms with van der Waals surface area (Å²) in [4.78, 5) is 3.11. The van der Waals surface area contributed by atoms with Crippen LogP contribution in [0.5, 0.6) is 0 Å². The van der Waals surface area contributed by atoms with Crippen molar-refractivity contribution < 1.29 is 17.6 Å². The molecule has 0 aliphatic rings. The Labute approximate surface area is 71.4 Å². The molecule has 2 nitrogen and oxygen atoms in total. The highest BCUT2D eigenvalue weighted by molar-refractivity contribution is 5.16. The van der Waals surface area contributed by atoms with Gasteiger partial charge in [-0.05, 0) is 17.7 Å². The van der Waals surface area contributed by atoms with Crippen LogP contribution in [0, 0.1) is 5.95 Å². The number of aromatic nitrogens is 1. The molecule has 0 unspecified atom stereocenters. The normalized spacial score (nSPS) is 14.2. The standard InChI is InChI=1S/C7H6F4N2/c8-5-3-4(1-2-13-5)6(12)7(9,10)11/h1-3,6H,12H2/t6-/m1/s1. The molecule has 0 spiro atoms. The van der Waals surface area contributed by atoms with E-state index in [0.29, 0.717) is 6.07 Å². The highest BCUT2D eigenvalue weighted by Gasteiger charge is 2.37. The van der Waals surface area contributed by atoms with Gasteiger partial charge in [0.2, 0.25) is 5.95 Å². The van der Waals surface area contributed by atoms with Gasteiger partial charge in [-0.25, -0.2) is 4.98 Å². The van der Waals surface area contributed by atoms with E-state index in [4.69, 9.17) is 5.73 Å². The van der Waals surface area contributed by atoms with Gasteiger partial charge in [-0.2, -0.15) is 17.6 Å². The Balaban J connectivity index is 2.96. The molecule has 1 aromatic rings. The molecule has 0 saturated heterocycles. The van der Waals surface area contributed by atoms with Crippen LogP contribution in [0.2, 0.25) is 0 Å². The molecule has 0 amide bonds. The number of pyridine rings is 1. The number of halogens is 4. The lowest BCUT2D eigenvalue weighted by Gasteiger charge is -2.15. The first kappa shape index (κ1) is 9.91. The minimum Gasteiger partial charge on any atom is -0.316 e. The first-order chi connectivity index (χ1) is 5.91. The van der Waals surface area contributed by atoms with Gasteiger partial charge >= 0.3 is 6.18 Å². The second kappa shape index (κ2) is 3.29. The molecule has 0 aliphatic carbocycles. The molecule has 0 bridgehead atoms. The zero-order chi connectivity index (χ0) is 10.1. The Morgan fingerprint density at radius 3 is 2.46 bits per heavy atom. The van der Waals surface area contributed by atoms with Crippen molar-refractivity contribution in [3.05, 3.63) is 29.8 Å². The van der Waals surface area contributed by atoms with Gasteiger partial charge in [0.1, 0.15) is 6.04 Å². The molecular formula is C7H6F4N2. The first-order valence-electron chi connectivity index (χ1n) is 3.35. The summed E-state index contributed by atoms with van der Waals surface area (Å²) in [7, 11) is 0. The van der Waals surface area contributed by atoms with Crippen LogP contribution in [0.3, 0.4) is 0 Å². The fraction of sp³-hybridized carbons (Fsp3) is 0.286. The van der Waals surface area contributed by atoms with Gasteiger partial charge in [0.05, 0.1) is 0 Å². The van der Waals surface area contributed by atoms with Crippen LogP contribution in [0.4, 0.5) is 17.6 Å². The van der Waals surface area contributed by atoms with E-state index in [2.05, 4.69) is 4.98 Å². The molecule has 0 saturated carbocycles. The highest BCUT2D eigenvalue weighted by Crippen LogP contribution is 2.29. The minimum absolute atomic E-state index is 0.333. The van der Waals surface area contributed by atoms with Crippen molar-refractivity contribution in [3.8, 4) is 0 Å². The van der Waals surface area contributed by atoms with E-state index < -0.39 is 18.2 Å². The predicted molar refractivity (Wildman–Crippen MR) is 37.2 cm³/mol. The third kappa shape index (κ3) is 2.38. The molecule has 2 N–H and O–H groups in total. The van der Waals surface area contributed by atoms with E-state index >= 15 is 0 Å². The maximum atomic E-state index is 12.4. The zero-order valence-corrected chi connectivity index (χ0v) is 6.35. The van der Waals surface area contributed by atoms with Gasteiger partial charge in [0, 0.05) is 6.20 Å². The summed E-state index contributed by atoms with van der Waals surface area (Å²) in [5.41, 5.74) is 4.49. The summed E-state index contributed by atoms with van der Waals surface area (Å²) in [6.45, 7) is 0. The SMILES string of the molecule is N[C@H](c1ccnc(F)c1)C(F)(F)F. The molecular weight excluding hydrogens is 188 g/mol. The summed E-state index contributed by atoms with van der Waals surface area (Å²) < 4.78 is 48.4. The van der Waals surface area contributed by atoms with E-state index in [9.17, 15) is 17.6 Å². The van der Waals surface area contributed by atoms with Gasteiger partial charge < -0.3 is 5.73 Å². The lowest BCUT2D eigenvalue weighted by Crippen LogP contribution is -2.28.